The van der Waals surface area contributed by atoms with Crippen molar-refractivity contribution in [3.8, 4) is 5.69 Å². The van der Waals surface area contributed by atoms with Crippen molar-refractivity contribution in [3.63, 3.8) is 0 Å². The molecule has 0 saturated carbocycles. The van der Waals surface area contributed by atoms with Crippen LogP contribution in [0.15, 0.2) is 66.4 Å². The van der Waals surface area contributed by atoms with Gasteiger partial charge in [-0.2, -0.15) is 5.10 Å². The largest absolute Gasteiger partial charge is 0.507 e. The molecule has 36 heavy (non-hydrogen) atoms. The van der Waals surface area contributed by atoms with Gasteiger partial charge in [-0.25, -0.2) is 4.68 Å². The van der Waals surface area contributed by atoms with Crippen LogP contribution in [-0.2, 0) is 9.59 Å². The number of likely N-dealkylation sites (tertiary alicyclic amines) is 1. The molecule has 0 aliphatic carbocycles. The van der Waals surface area contributed by atoms with Crippen LogP contribution in [0.3, 0.4) is 0 Å². The van der Waals surface area contributed by atoms with Crippen LogP contribution in [0.4, 0.5) is 0 Å². The number of aliphatic hydroxyl groups is 1. The number of rotatable bonds is 8. The molecule has 0 spiro atoms. The maximum absolute atomic E-state index is 13.3. The number of hydrogen-bond acceptors (Lipinski definition) is 5. The highest BCUT2D eigenvalue weighted by atomic mass is 16.3. The summed E-state index contributed by atoms with van der Waals surface area (Å²) in [5, 5.41) is 15.9. The minimum Gasteiger partial charge on any atom is -0.507 e. The molecular weight excluding hydrogens is 452 g/mol. The first kappa shape index (κ1) is 25.4. The van der Waals surface area contributed by atoms with Crippen molar-refractivity contribution >= 4 is 17.4 Å². The molecule has 1 saturated heterocycles. The number of nitrogens with zero attached hydrogens (tertiary/aromatic N) is 4. The SMILES string of the molecule is Cc1c(/C(O)=C2\C(=O)C(=O)N(CCCN(C)C)[C@H]2c2ccc(C(C)C)cc2)cnn1-c1ccccc1. The third kappa shape index (κ3) is 4.84. The van der Waals surface area contributed by atoms with Gasteiger partial charge in [0.25, 0.3) is 11.7 Å². The van der Waals surface area contributed by atoms with E-state index in [2.05, 4.69) is 18.9 Å². The van der Waals surface area contributed by atoms with Gasteiger partial charge in [-0.3, -0.25) is 9.59 Å². The first-order chi connectivity index (χ1) is 17.2. The molecule has 1 atom stereocenters. The predicted octanol–water partition coefficient (Wildman–Crippen LogP) is 4.68. The normalized spacial score (nSPS) is 17.5. The lowest BCUT2D eigenvalue weighted by Gasteiger charge is -2.26. The molecular formula is C29H34N4O3. The van der Waals surface area contributed by atoms with E-state index in [0.29, 0.717) is 30.1 Å². The van der Waals surface area contributed by atoms with Gasteiger partial charge in [0.05, 0.1) is 34.8 Å². The van der Waals surface area contributed by atoms with Crippen LogP contribution in [0, 0.1) is 6.92 Å². The van der Waals surface area contributed by atoms with E-state index >= 15 is 0 Å². The number of para-hydroxylation sites is 1. The van der Waals surface area contributed by atoms with Gasteiger partial charge < -0.3 is 14.9 Å². The van der Waals surface area contributed by atoms with Crippen LogP contribution in [-0.4, -0.2) is 63.6 Å². The topological polar surface area (TPSA) is 78.7 Å². The lowest BCUT2D eigenvalue weighted by atomic mass is 9.93. The number of carbonyl (C=O) groups excluding carboxylic acids is 2. The lowest BCUT2D eigenvalue weighted by Crippen LogP contribution is -2.32. The van der Waals surface area contributed by atoms with Crippen molar-refractivity contribution in [2.45, 2.75) is 39.2 Å². The quantitative estimate of drug-likeness (QED) is 0.284. The van der Waals surface area contributed by atoms with Crippen LogP contribution in [0.1, 0.15) is 54.6 Å². The van der Waals surface area contributed by atoms with Crippen LogP contribution in [0.5, 0.6) is 0 Å². The van der Waals surface area contributed by atoms with Gasteiger partial charge in [0.15, 0.2) is 0 Å². The minimum atomic E-state index is -0.665. The van der Waals surface area contributed by atoms with Crippen molar-refractivity contribution < 1.29 is 14.7 Å². The standard InChI is InChI=1S/C29H34N4O3/c1-19(2)21-12-14-22(15-13-21)26-25(28(35)29(36)32(26)17-9-16-31(4)5)27(34)24-18-30-33(20(24)3)23-10-7-6-8-11-23/h6-8,10-15,18-19,26,34H,9,16-17H2,1-5H3/b27-25+/t26-/m0/s1. The third-order valence-corrected chi connectivity index (χ3v) is 6.73. The monoisotopic (exact) mass is 486 g/mol. The fourth-order valence-electron chi connectivity index (χ4n) is 4.69. The lowest BCUT2D eigenvalue weighted by molar-refractivity contribution is -0.139. The molecule has 4 rings (SSSR count). The Balaban J connectivity index is 1.81. The van der Waals surface area contributed by atoms with E-state index in [1.807, 2.05) is 80.5 Å². The Labute approximate surface area is 212 Å². The molecule has 3 aromatic rings. The Morgan fingerprint density at radius 2 is 1.72 bits per heavy atom. The summed E-state index contributed by atoms with van der Waals surface area (Å²) < 4.78 is 1.72. The molecule has 1 aliphatic rings. The number of Topliss-reactive ketones (excluding diaryl/α,β-unsaturated/α-hetero) is 1. The van der Waals surface area contributed by atoms with E-state index in [9.17, 15) is 14.7 Å². The average molecular weight is 487 g/mol. The van der Waals surface area contributed by atoms with Crippen LogP contribution in [0.25, 0.3) is 11.4 Å². The van der Waals surface area contributed by atoms with Crippen LogP contribution < -0.4 is 0 Å². The van der Waals surface area contributed by atoms with Gasteiger partial charge >= 0.3 is 0 Å². The van der Waals surface area contributed by atoms with Gasteiger partial charge in [-0.1, -0.05) is 56.3 Å². The summed E-state index contributed by atoms with van der Waals surface area (Å²) in [5.41, 5.74) is 4.05. The summed E-state index contributed by atoms with van der Waals surface area (Å²) in [6, 6.07) is 16.9. The number of hydrogen-bond donors (Lipinski definition) is 1. The van der Waals surface area contributed by atoms with E-state index in [1.54, 1.807) is 15.8 Å². The Morgan fingerprint density at radius 1 is 1.06 bits per heavy atom. The van der Waals surface area contributed by atoms with Crippen LogP contribution >= 0.6 is 0 Å². The second kappa shape index (κ2) is 10.5. The van der Waals surface area contributed by atoms with Crippen molar-refractivity contribution in [1.29, 1.82) is 0 Å². The summed E-state index contributed by atoms with van der Waals surface area (Å²) >= 11 is 0. The van der Waals surface area contributed by atoms with Crippen molar-refractivity contribution in [3.05, 3.63) is 88.8 Å². The van der Waals surface area contributed by atoms with Gasteiger partial charge in [-0.15, -0.1) is 0 Å². The van der Waals surface area contributed by atoms with E-state index < -0.39 is 17.7 Å². The maximum Gasteiger partial charge on any atom is 0.295 e. The zero-order chi connectivity index (χ0) is 26.0. The number of benzene rings is 2. The maximum atomic E-state index is 13.3. The molecule has 1 amide bonds. The number of amides is 1. The summed E-state index contributed by atoms with van der Waals surface area (Å²) in [6.07, 6.45) is 2.27. The smallest absolute Gasteiger partial charge is 0.295 e. The van der Waals surface area contributed by atoms with Gasteiger partial charge in [0, 0.05) is 6.54 Å². The van der Waals surface area contributed by atoms with Gasteiger partial charge in [0.2, 0.25) is 0 Å². The van der Waals surface area contributed by atoms with Crippen molar-refractivity contribution in [2.24, 2.45) is 0 Å². The fourth-order valence-corrected chi connectivity index (χ4v) is 4.69. The highest BCUT2D eigenvalue weighted by Crippen LogP contribution is 2.40. The molecule has 0 radical (unpaired) electrons. The Morgan fingerprint density at radius 3 is 2.33 bits per heavy atom. The molecule has 1 N–H and O–H groups in total. The number of aliphatic hydroxyl groups excluding tert-OH is 1. The molecule has 2 heterocycles. The van der Waals surface area contributed by atoms with E-state index in [0.717, 1.165) is 17.8 Å². The second-order valence-corrected chi connectivity index (χ2v) is 9.86. The highest BCUT2D eigenvalue weighted by Gasteiger charge is 2.46. The Bertz CT molecular complexity index is 1270. The van der Waals surface area contributed by atoms with Gasteiger partial charge in [0.1, 0.15) is 5.76 Å². The molecule has 1 aromatic heterocycles. The predicted molar refractivity (Wildman–Crippen MR) is 141 cm³/mol. The summed E-state index contributed by atoms with van der Waals surface area (Å²) in [5.74, 6) is -1.08. The van der Waals surface area contributed by atoms with E-state index in [-0.39, 0.29) is 11.3 Å². The molecule has 0 bridgehead atoms. The van der Waals surface area contributed by atoms with Gasteiger partial charge in [-0.05, 0) is 63.2 Å². The van der Waals surface area contributed by atoms with E-state index in [1.165, 1.54) is 5.56 Å². The third-order valence-electron chi connectivity index (χ3n) is 6.73. The van der Waals surface area contributed by atoms with Crippen LogP contribution in [0.2, 0.25) is 0 Å². The zero-order valence-electron chi connectivity index (χ0n) is 21.6. The highest BCUT2D eigenvalue weighted by molar-refractivity contribution is 6.46. The first-order valence-corrected chi connectivity index (χ1v) is 12.3. The van der Waals surface area contributed by atoms with E-state index in [4.69, 9.17) is 0 Å². The molecule has 0 unspecified atom stereocenters. The Hall–Kier alpha value is -3.71. The molecule has 1 aliphatic heterocycles. The molecule has 7 nitrogen and oxygen atoms in total. The molecule has 7 heteroatoms. The number of ketones is 1. The first-order valence-electron chi connectivity index (χ1n) is 12.3. The Kier molecular flexibility index (Phi) is 7.40. The number of aromatic nitrogens is 2. The van der Waals surface area contributed by atoms with Crippen molar-refractivity contribution in [2.75, 3.05) is 27.2 Å². The average Bonchev–Trinajstić information content (AvgIpc) is 3.36. The second-order valence-electron chi connectivity index (χ2n) is 9.86. The zero-order valence-corrected chi connectivity index (χ0v) is 21.6. The molecule has 1 fully saturated rings. The summed E-state index contributed by atoms with van der Waals surface area (Å²) in [6.45, 7) is 7.28. The van der Waals surface area contributed by atoms with Crippen molar-refractivity contribution in [1.82, 2.24) is 19.6 Å². The fraction of sp³-hybridized carbons (Fsp3) is 0.345. The summed E-state index contributed by atoms with van der Waals surface area (Å²) in [4.78, 5) is 30.2. The number of carbonyl (C=O) groups is 2. The minimum absolute atomic E-state index is 0.109. The summed E-state index contributed by atoms with van der Waals surface area (Å²) in [7, 11) is 3.95. The molecule has 2 aromatic carbocycles. The molecule has 188 valence electrons.